The highest BCUT2D eigenvalue weighted by Crippen LogP contribution is 2.37. The lowest BCUT2D eigenvalue weighted by atomic mass is 9.93. The first-order valence-corrected chi connectivity index (χ1v) is 11.6. The van der Waals surface area contributed by atoms with Crippen LogP contribution in [0.15, 0.2) is 48.5 Å². The Kier molecular flexibility index (Phi) is 9.66. The van der Waals surface area contributed by atoms with Gasteiger partial charge in [0.2, 0.25) is 0 Å². The Labute approximate surface area is 182 Å². The SMILES string of the molecule is N#Cc1cc(CCC(N)(CO)COP(=O)(O)O)ccc1OCCCCc1ccccc1. The van der Waals surface area contributed by atoms with E-state index in [9.17, 15) is 14.9 Å². The summed E-state index contributed by atoms with van der Waals surface area (Å²) < 4.78 is 21.1. The maximum Gasteiger partial charge on any atom is 0.469 e. The Hall–Kier alpha value is -2.24. The van der Waals surface area contributed by atoms with Crippen molar-refractivity contribution in [1.29, 1.82) is 5.26 Å². The molecule has 31 heavy (non-hydrogen) atoms. The molecule has 8 nitrogen and oxygen atoms in total. The Bertz CT molecular complexity index is 912. The van der Waals surface area contributed by atoms with Gasteiger partial charge < -0.3 is 25.4 Å². The molecule has 0 saturated carbocycles. The van der Waals surface area contributed by atoms with Gasteiger partial charge in [-0.25, -0.2) is 4.57 Å². The minimum absolute atomic E-state index is 0.216. The Morgan fingerprint density at radius 1 is 1.06 bits per heavy atom. The fraction of sp³-hybridized carbons (Fsp3) is 0.409. The highest BCUT2D eigenvalue weighted by atomic mass is 31.2. The molecule has 5 N–H and O–H groups in total. The number of unbranched alkanes of at least 4 members (excludes halogenated alkanes) is 1. The molecule has 1 atom stereocenters. The van der Waals surface area contributed by atoms with Crippen molar-refractivity contribution in [3.05, 3.63) is 65.2 Å². The van der Waals surface area contributed by atoms with Crippen molar-refractivity contribution < 1.29 is 28.7 Å². The fourth-order valence-electron chi connectivity index (χ4n) is 3.01. The second-order valence-electron chi connectivity index (χ2n) is 7.52. The summed E-state index contributed by atoms with van der Waals surface area (Å²) in [5, 5.41) is 18.9. The average Bonchev–Trinajstić information content (AvgIpc) is 2.76. The first-order valence-electron chi connectivity index (χ1n) is 10.0. The number of hydrogen-bond donors (Lipinski definition) is 4. The molecule has 0 aliphatic carbocycles. The molecule has 9 heteroatoms. The minimum Gasteiger partial charge on any atom is -0.492 e. The van der Waals surface area contributed by atoms with Crippen LogP contribution in [0.25, 0.3) is 0 Å². The number of aliphatic hydroxyl groups excluding tert-OH is 1. The summed E-state index contributed by atoms with van der Waals surface area (Å²) in [5.41, 5.74) is 7.16. The largest absolute Gasteiger partial charge is 0.492 e. The molecule has 0 amide bonds. The Balaban J connectivity index is 1.84. The van der Waals surface area contributed by atoms with Crippen LogP contribution in [0.4, 0.5) is 0 Å². The van der Waals surface area contributed by atoms with Crippen molar-refractivity contribution in [3.8, 4) is 11.8 Å². The van der Waals surface area contributed by atoms with E-state index in [0.717, 1.165) is 24.8 Å². The quantitative estimate of drug-likeness (QED) is 0.270. The first-order chi connectivity index (χ1) is 14.7. The molecule has 0 radical (unpaired) electrons. The molecule has 2 rings (SSSR count). The van der Waals surface area contributed by atoms with E-state index >= 15 is 0 Å². The van der Waals surface area contributed by atoms with Crippen LogP contribution in [0.2, 0.25) is 0 Å². The molecule has 1 unspecified atom stereocenters. The van der Waals surface area contributed by atoms with Crippen molar-refractivity contribution in [2.75, 3.05) is 19.8 Å². The van der Waals surface area contributed by atoms with Crippen LogP contribution in [-0.4, -0.2) is 40.3 Å². The third-order valence-corrected chi connectivity index (χ3v) is 5.34. The fourth-order valence-corrected chi connectivity index (χ4v) is 3.43. The van der Waals surface area contributed by atoms with E-state index in [4.69, 9.17) is 20.3 Å². The number of phosphoric acid groups is 1. The molecular formula is C22H29N2O6P. The summed E-state index contributed by atoms with van der Waals surface area (Å²) in [6.45, 7) is -0.470. The molecular weight excluding hydrogens is 419 g/mol. The molecule has 0 spiro atoms. The Morgan fingerprint density at radius 3 is 2.45 bits per heavy atom. The van der Waals surface area contributed by atoms with Crippen molar-refractivity contribution in [3.63, 3.8) is 0 Å². The van der Waals surface area contributed by atoms with Crippen molar-refractivity contribution in [1.82, 2.24) is 0 Å². The summed E-state index contributed by atoms with van der Waals surface area (Å²) in [5.74, 6) is 0.511. The van der Waals surface area contributed by atoms with E-state index in [1.165, 1.54) is 5.56 Å². The van der Waals surface area contributed by atoms with E-state index in [1.54, 1.807) is 12.1 Å². The summed E-state index contributed by atoms with van der Waals surface area (Å²) >= 11 is 0. The first kappa shape index (κ1) is 25.0. The van der Waals surface area contributed by atoms with Gasteiger partial charge in [0, 0.05) is 0 Å². The zero-order chi connectivity index (χ0) is 22.7. The van der Waals surface area contributed by atoms with E-state index in [1.807, 2.05) is 24.3 Å². The van der Waals surface area contributed by atoms with Crippen molar-refractivity contribution in [2.24, 2.45) is 5.73 Å². The number of hydrogen-bond acceptors (Lipinski definition) is 6. The van der Waals surface area contributed by atoms with Gasteiger partial charge in [0.05, 0.1) is 30.9 Å². The number of aryl methyl sites for hydroxylation is 2. The van der Waals surface area contributed by atoms with Gasteiger partial charge in [-0.3, -0.25) is 4.52 Å². The average molecular weight is 448 g/mol. The van der Waals surface area contributed by atoms with Crippen LogP contribution in [0.5, 0.6) is 5.75 Å². The van der Waals surface area contributed by atoms with Gasteiger partial charge >= 0.3 is 7.82 Å². The van der Waals surface area contributed by atoms with Gasteiger partial charge in [-0.05, 0) is 55.4 Å². The van der Waals surface area contributed by atoms with Crippen LogP contribution in [0.3, 0.4) is 0 Å². The molecule has 0 aliphatic heterocycles. The van der Waals surface area contributed by atoms with Gasteiger partial charge in [0.15, 0.2) is 0 Å². The van der Waals surface area contributed by atoms with Crippen LogP contribution < -0.4 is 10.5 Å². The van der Waals surface area contributed by atoms with Crippen molar-refractivity contribution in [2.45, 2.75) is 37.6 Å². The lowest BCUT2D eigenvalue weighted by molar-refractivity contribution is 0.102. The van der Waals surface area contributed by atoms with E-state index < -0.39 is 26.6 Å². The number of aliphatic hydroxyl groups is 1. The monoisotopic (exact) mass is 448 g/mol. The molecule has 0 aliphatic rings. The zero-order valence-electron chi connectivity index (χ0n) is 17.3. The molecule has 168 valence electrons. The standard InChI is InChI=1S/C22H29N2O6P/c23-15-20-14-19(11-12-22(24,16-25)17-30-31(26,27)28)9-10-21(20)29-13-5-4-8-18-6-2-1-3-7-18/h1-3,6-7,9-10,14,25H,4-5,8,11-13,16-17,24H2,(H2,26,27,28). The number of ether oxygens (including phenoxy) is 1. The lowest BCUT2D eigenvalue weighted by Crippen LogP contribution is -2.48. The summed E-state index contributed by atoms with van der Waals surface area (Å²) in [7, 11) is -4.67. The minimum atomic E-state index is -4.67. The number of nitrogens with two attached hydrogens (primary N) is 1. The lowest BCUT2D eigenvalue weighted by Gasteiger charge is -2.27. The van der Waals surface area contributed by atoms with Crippen LogP contribution in [0.1, 0.15) is 36.0 Å². The second-order valence-corrected chi connectivity index (χ2v) is 8.76. The van der Waals surface area contributed by atoms with Gasteiger partial charge in [-0.1, -0.05) is 36.4 Å². The molecule has 0 aromatic heterocycles. The third-order valence-electron chi connectivity index (χ3n) is 4.87. The normalized spacial score (nSPS) is 13.4. The number of nitrogens with zero attached hydrogens (tertiary/aromatic N) is 1. The topological polar surface area (TPSA) is 146 Å². The second kappa shape index (κ2) is 12.0. The summed E-state index contributed by atoms with van der Waals surface area (Å²) in [4.78, 5) is 17.6. The molecule has 2 aromatic carbocycles. The zero-order valence-corrected chi connectivity index (χ0v) is 18.2. The van der Waals surface area contributed by atoms with Gasteiger partial charge in [-0.2, -0.15) is 5.26 Å². The highest BCUT2D eigenvalue weighted by molar-refractivity contribution is 7.46. The molecule has 0 heterocycles. The predicted molar refractivity (Wildman–Crippen MR) is 116 cm³/mol. The smallest absolute Gasteiger partial charge is 0.469 e. The van der Waals surface area contributed by atoms with Crippen LogP contribution in [0, 0.1) is 11.3 Å². The van der Waals surface area contributed by atoms with Gasteiger partial charge in [0.1, 0.15) is 11.8 Å². The molecule has 2 aromatic rings. The van der Waals surface area contributed by atoms with E-state index in [-0.39, 0.29) is 6.42 Å². The molecule has 0 saturated heterocycles. The number of nitriles is 1. The maximum atomic E-state index is 10.9. The van der Waals surface area contributed by atoms with E-state index in [2.05, 4.69) is 22.7 Å². The van der Waals surface area contributed by atoms with Crippen molar-refractivity contribution >= 4 is 7.82 Å². The van der Waals surface area contributed by atoms with Crippen LogP contribution in [-0.2, 0) is 21.9 Å². The Morgan fingerprint density at radius 2 is 1.81 bits per heavy atom. The van der Waals surface area contributed by atoms with Crippen LogP contribution >= 0.6 is 7.82 Å². The summed E-state index contributed by atoms with van der Waals surface area (Å²) in [6, 6.07) is 17.6. The van der Waals surface area contributed by atoms with E-state index in [0.29, 0.717) is 24.3 Å². The highest BCUT2D eigenvalue weighted by Gasteiger charge is 2.28. The number of rotatable bonds is 13. The summed E-state index contributed by atoms with van der Waals surface area (Å²) in [6.07, 6.45) is 3.45. The van der Waals surface area contributed by atoms with Gasteiger partial charge in [0.25, 0.3) is 0 Å². The number of benzene rings is 2. The molecule has 0 fully saturated rings. The third kappa shape index (κ3) is 9.19. The maximum absolute atomic E-state index is 10.9. The number of phosphoric ester groups is 1. The molecule has 0 bridgehead atoms. The van der Waals surface area contributed by atoms with Gasteiger partial charge in [-0.15, -0.1) is 0 Å². The predicted octanol–water partition coefficient (Wildman–Crippen LogP) is 2.69.